The fourth-order valence-electron chi connectivity index (χ4n) is 2.69. The number of nitrogens with one attached hydrogen (secondary N) is 2. The Morgan fingerprint density at radius 3 is 2.54 bits per heavy atom. The topological polar surface area (TPSA) is 78.4 Å². The highest BCUT2D eigenvalue weighted by Crippen LogP contribution is 2.18. The fourth-order valence-corrected chi connectivity index (χ4v) is 3.24. The summed E-state index contributed by atoms with van der Waals surface area (Å²) in [4.78, 5) is 0. The maximum Gasteiger partial charge on any atom is 0.229 e. The van der Waals surface area contributed by atoms with E-state index in [-0.39, 0.29) is 0 Å². The van der Waals surface area contributed by atoms with Gasteiger partial charge in [-0.3, -0.25) is 4.72 Å². The molecule has 1 aromatic carbocycles. The van der Waals surface area contributed by atoms with E-state index in [1.165, 1.54) is 25.7 Å². The van der Waals surface area contributed by atoms with Crippen LogP contribution in [-0.2, 0) is 10.0 Å². The molecule has 0 aromatic heterocycles. The average Bonchev–Trinajstić information content (AvgIpc) is 2.52. The van der Waals surface area contributed by atoms with Gasteiger partial charge >= 0.3 is 0 Å². The summed E-state index contributed by atoms with van der Waals surface area (Å²) in [5.74, 6) is 0. The zero-order chi connectivity index (χ0) is 18.0. The third kappa shape index (κ3) is 8.66. The molecule has 2 unspecified atom stereocenters. The van der Waals surface area contributed by atoms with E-state index < -0.39 is 16.1 Å². The second-order valence-corrected chi connectivity index (χ2v) is 8.13. The number of benzene rings is 1. The Kier molecular flexibility index (Phi) is 9.33. The van der Waals surface area contributed by atoms with Crippen LogP contribution in [0.25, 0.3) is 0 Å². The van der Waals surface area contributed by atoms with Gasteiger partial charge in [0, 0.05) is 18.3 Å². The van der Waals surface area contributed by atoms with E-state index in [9.17, 15) is 13.5 Å². The largest absolute Gasteiger partial charge is 0.387 e. The molecule has 0 saturated carbocycles. The molecule has 1 rings (SSSR count). The molecule has 0 fully saturated rings. The quantitative estimate of drug-likeness (QED) is 0.501. The van der Waals surface area contributed by atoms with Gasteiger partial charge in [-0.1, -0.05) is 51.7 Å². The molecule has 3 N–H and O–H groups in total. The van der Waals surface area contributed by atoms with Crippen LogP contribution >= 0.6 is 0 Å². The lowest BCUT2D eigenvalue weighted by atomic mass is 10.0. The highest BCUT2D eigenvalue weighted by Gasteiger charge is 2.12. The van der Waals surface area contributed by atoms with Gasteiger partial charge in [0.05, 0.1) is 12.4 Å². The van der Waals surface area contributed by atoms with Gasteiger partial charge in [0.15, 0.2) is 0 Å². The minimum Gasteiger partial charge on any atom is -0.387 e. The summed E-state index contributed by atoms with van der Waals surface area (Å²) >= 11 is 0. The average molecular weight is 357 g/mol. The summed E-state index contributed by atoms with van der Waals surface area (Å²) in [7, 11) is -3.31. The van der Waals surface area contributed by atoms with Crippen molar-refractivity contribution in [2.75, 3.05) is 17.5 Å². The molecule has 0 spiro atoms. The molecule has 0 saturated heterocycles. The third-order valence-corrected chi connectivity index (χ3v) is 4.68. The second kappa shape index (κ2) is 10.7. The van der Waals surface area contributed by atoms with Crippen molar-refractivity contribution in [3.8, 4) is 0 Å². The Hall–Kier alpha value is -1.11. The van der Waals surface area contributed by atoms with Crippen LogP contribution in [0.1, 0.15) is 64.0 Å². The van der Waals surface area contributed by atoms with E-state index in [1.54, 1.807) is 18.2 Å². The van der Waals surface area contributed by atoms with Crippen molar-refractivity contribution in [3.05, 3.63) is 29.8 Å². The summed E-state index contributed by atoms with van der Waals surface area (Å²) in [6.07, 6.45) is 7.60. The van der Waals surface area contributed by atoms with E-state index in [1.807, 2.05) is 6.07 Å². The van der Waals surface area contributed by atoms with Crippen molar-refractivity contribution in [1.82, 2.24) is 5.32 Å². The van der Waals surface area contributed by atoms with Crippen molar-refractivity contribution in [3.63, 3.8) is 0 Å². The summed E-state index contributed by atoms with van der Waals surface area (Å²) < 4.78 is 25.0. The number of rotatable bonds is 12. The van der Waals surface area contributed by atoms with Crippen LogP contribution in [0.5, 0.6) is 0 Å². The van der Waals surface area contributed by atoms with Gasteiger partial charge in [-0.2, -0.15) is 0 Å². The van der Waals surface area contributed by atoms with Crippen LogP contribution in [0.2, 0.25) is 0 Å². The van der Waals surface area contributed by atoms with Gasteiger partial charge in [0.25, 0.3) is 0 Å². The molecular formula is C18H32N2O3S. The molecule has 6 heteroatoms. The number of unbranched alkanes of at least 4 members (excludes halogenated alkanes) is 3. The maximum absolute atomic E-state index is 11.3. The number of hydrogen-bond donors (Lipinski definition) is 3. The van der Waals surface area contributed by atoms with E-state index in [0.29, 0.717) is 23.8 Å². The third-order valence-electron chi connectivity index (χ3n) is 4.07. The second-order valence-electron chi connectivity index (χ2n) is 6.38. The van der Waals surface area contributed by atoms with Gasteiger partial charge < -0.3 is 10.4 Å². The van der Waals surface area contributed by atoms with Crippen LogP contribution in [0.3, 0.4) is 0 Å². The Morgan fingerprint density at radius 1 is 1.17 bits per heavy atom. The first-order valence-corrected chi connectivity index (χ1v) is 10.7. The number of sulfonamides is 1. The predicted molar refractivity (Wildman–Crippen MR) is 101 cm³/mol. The van der Waals surface area contributed by atoms with Crippen molar-refractivity contribution in [1.29, 1.82) is 0 Å². The fraction of sp³-hybridized carbons (Fsp3) is 0.667. The van der Waals surface area contributed by atoms with Crippen LogP contribution in [0.15, 0.2) is 24.3 Å². The van der Waals surface area contributed by atoms with E-state index in [4.69, 9.17) is 0 Å². The zero-order valence-electron chi connectivity index (χ0n) is 15.1. The van der Waals surface area contributed by atoms with Crippen molar-refractivity contribution < 1.29 is 13.5 Å². The van der Waals surface area contributed by atoms with Gasteiger partial charge in [-0.25, -0.2) is 8.42 Å². The first kappa shape index (κ1) is 20.9. The first-order valence-electron chi connectivity index (χ1n) is 8.85. The smallest absolute Gasteiger partial charge is 0.229 e. The Bertz CT molecular complexity index is 575. The SMILES string of the molecule is CCCCCCC(CC)NCC(O)c1cccc(NS(C)(=O)=O)c1. The van der Waals surface area contributed by atoms with Crippen molar-refractivity contribution >= 4 is 15.7 Å². The van der Waals surface area contributed by atoms with E-state index in [2.05, 4.69) is 23.9 Å². The highest BCUT2D eigenvalue weighted by atomic mass is 32.2. The number of aliphatic hydroxyl groups is 1. The molecular weight excluding hydrogens is 324 g/mol. The van der Waals surface area contributed by atoms with Crippen LogP contribution in [0.4, 0.5) is 5.69 Å². The van der Waals surface area contributed by atoms with E-state index >= 15 is 0 Å². The van der Waals surface area contributed by atoms with Crippen LogP contribution in [0, 0.1) is 0 Å². The van der Waals surface area contributed by atoms with Crippen LogP contribution in [-0.4, -0.2) is 32.4 Å². The molecule has 5 nitrogen and oxygen atoms in total. The molecule has 0 heterocycles. The van der Waals surface area contributed by atoms with Crippen molar-refractivity contribution in [2.45, 2.75) is 64.5 Å². The van der Waals surface area contributed by atoms with Gasteiger partial charge in [0.1, 0.15) is 0 Å². The molecule has 2 atom stereocenters. The Labute approximate surface area is 146 Å². The van der Waals surface area contributed by atoms with Crippen LogP contribution < -0.4 is 10.0 Å². The standard InChI is InChI=1S/C18H32N2O3S/c1-4-6-7-8-11-16(5-2)19-14-18(21)15-10-9-12-17(13-15)20-24(3,22)23/h9-10,12-13,16,18-21H,4-8,11,14H2,1-3H3. The number of anilines is 1. The normalized spacial score (nSPS) is 14.3. The molecule has 24 heavy (non-hydrogen) atoms. The van der Waals surface area contributed by atoms with Gasteiger partial charge in [-0.05, 0) is 30.5 Å². The maximum atomic E-state index is 11.3. The van der Waals surface area contributed by atoms with E-state index in [0.717, 1.165) is 19.1 Å². The minimum atomic E-state index is -3.31. The van der Waals surface area contributed by atoms with Crippen molar-refractivity contribution in [2.24, 2.45) is 0 Å². The summed E-state index contributed by atoms with van der Waals surface area (Å²) in [5, 5.41) is 13.8. The van der Waals surface area contributed by atoms with Gasteiger partial charge in [-0.15, -0.1) is 0 Å². The zero-order valence-corrected chi connectivity index (χ0v) is 15.9. The molecule has 138 valence electrons. The summed E-state index contributed by atoms with van der Waals surface area (Å²) in [6, 6.07) is 7.31. The lowest BCUT2D eigenvalue weighted by Gasteiger charge is -2.20. The molecule has 0 aliphatic rings. The number of hydrogen-bond acceptors (Lipinski definition) is 4. The molecule has 0 radical (unpaired) electrons. The first-order chi connectivity index (χ1) is 11.4. The predicted octanol–water partition coefficient (Wildman–Crippen LogP) is 3.43. The molecule has 0 aliphatic heterocycles. The molecule has 0 aliphatic carbocycles. The highest BCUT2D eigenvalue weighted by molar-refractivity contribution is 7.92. The molecule has 0 bridgehead atoms. The lowest BCUT2D eigenvalue weighted by Crippen LogP contribution is -2.32. The lowest BCUT2D eigenvalue weighted by molar-refractivity contribution is 0.168. The minimum absolute atomic E-state index is 0.411. The number of aliphatic hydroxyl groups excluding tert-OH is 1. The monoisotopic (exact) mass is 356 g/mol. The molecule has 1 aromatic rings. The molecule has 0 amide bonds. The summed E-state index contributed by atoms with van der Waals surface area (Å²) in [6.45, 7) is 4.83. The summed E-state index contributed by atoms with van der Waals surface area (Å²) in [5.41, 5.74) is 1.18. The Balaban J connectivity index is 2.51. The van der Waals surface area contributed by atoms with Gasteiger partial charge in [0.2, 0.25) is 10.0 Å². The Morgan fingerprint density at radius 2 is 1.92 bits per heavy atom.